The number of fused-ring (bicyclic) bond motifs is 1. The Morgan fingerprint density at radius 2 is 2.20 bits per heavy atom. The second kappa shape index (κ2) is 5.13. The van der Waals surface area contributed by atoms with Gasteiger partial charge in [0, 0.05) is 18.0 Å². The third-order valence-corrected chi connectivity index (χ3v) is 4.33. The summed E-state index contributed by atoms with van der Waals surface area (Å²) in [5.41, 5.74) is 2.97. The third kappa shape index (κ3) is 2.43. The van der Waals surface area contributed by atoms with Crippen LogP contribution >= 0.6 is 15.9 Å². The minimum atomic E-state index is 0.522. The number of benzene rings is 1. The molecule has 0 heterocycles. The van der Waals surface area contributed by atoms with Crippen LogP contribution in [0.3, 0.4) is 0 Å². The Morgan fingerprint density at radius 3 is 2.93 bits per heavy atom. The van der Waals surface area contributed by atoms with Crippen molar-refractivity contribution in [3.63, 3.8) is 0 Å². The molecule has 15 heavy (non-hydrogen) atoms. The van der Waals surface area contributed by atoms with Gasteiger partial charge in [-0.1, -0.05) is 40.2 Å². The van der Waals surface area contributed by atoms with Crippen molar-refractivity contribution in [3.8, 4) is 0 Å². The van der Waals surface area contributed by atoms with Gasteiger partial charge in [0.2, 0.25) is 0 Å². The van der Waals surface area contributed by atoms with Gasteiger partial charge in [0.05, 0.1) is 0 Å². The maximum atomic E-state index is 5.42. The second-order valence-corrected chi connectivity index (χ2v) is 5.04. The zero-order valence-corrected chi connectivity index (χ0v) is 10.7. The Balaban J connectivity index is 1.97. The Hall–Kier alpha value is -0.340. The molecule has 1 aromatic carbocycles. The van der Waals surface area contributed by atoms with Crippen molar-refractivity contribution < 1.29 is 4.74 Å². The van der Waals surface area contributed by atoms with Gasteiger partial charge in [0.15, 0.2) is 0 Å². The van der Waals surface area contributed by atoms with E-state index in [0.717, 1.165) is 19.6 Å². The average Bonchev–Trinajstić information content (AvgIpc) is 2.57. The van der Waals surface area contributed by atoms with E-state index < -0.39 is 0 Å². The number of hydrogen-bond acceptors (Lipinski definition) is 1. The molecule has 1 aliphatic rings. The van der Waals surface area contributed by atoms with Gasteiger partial charge in [-0.3, -0.25) is 0 Å². The molecule has 1 aliphatic carbocycles. The number of halogens is 1. The van der Waals surface area contributed by atoms with Gasteiger partial charge in [-0.05, 0) is 36.8 Å². The van der Waals surface area contributed by atoms with Gasteiger partial charge in [-0.15, -0.1) is 0 Å². The first-order valence-electron chi connectivity index (χ1n) is 5.62. The van der Waals surface area contributed by atoms with Crippen molar-refractivity contribution >= 4 is 15.9 Å². The smallest absolute Gasteiger partial charge is 0.0469 e. The summed E-state index contributed by atoms with van der Waals surface area (Å²) in [7, 11) is 0. The zero-order valence-electron chi connectivity index (χ0n) is 9.08. The van der Waals surface area contributed by atoms with Crippen LogP contribution in [0.5, 0.6) is 0 Å². The van der Waals surface area contributed by atoms with Crippen LogP contribution in [0.15, 0.2) is 24.3 Å². The fourth-order valence-electron chi connectivity index (χ4n) is 2.26. The summed E-state index contributed by atoms with van der Waals surface area (Å²) in [6.45, 7) is 3.76. The lowest BCUT2D eigenvalue weighted by molar-refractivity contribution is 0.133. The highest BCUT2D eigenvalue weighted by atomic mass is 79.9. The van der Waals surface area contributed by atoms with E-state index in [1.165, 1.54) is 17.5 Å². The van der Waals surface area contributed by atoms with Gasteiger partial charge >= 0.3 is 0 Å². The molecule has 0 aromatic heterocycles. The molecule has 2 heteroatoms. The number of alkyl halides is 1. The molecule has 2 atom stereocenters. The highest BCUT2D eigenvalue weighted by molar-refractivity contribution is 9.09. The molecule has 0 bridgehead atoms. The fraction of sp³-hybridized carbons (Fsp3) is 0.538. The van der Waals surface area contributed by atoms with Crippen LogP contribution < -0.4 is 0 Å². The first-order chi connectivity index (χ1) is 7.33. The molecule has 2 unspecified atom stereocenters. The Morgan fingerprint density at radius 1 is 1.40 bits per heavy atom. The molecule has 0 saturated carbocycles. The van der Waals surface area contributed by atoms with Crippen molar-refractivity contribution in [1.29, 1.82) is 0 Å². The van der Waals surface area contributed by atoms with Gasteiger partial charge in [0.1, 0.15) is 0 Å². The van der Waals surface area contributed by atoms with E-state index in [2.05, 4.69) is 47.1 Å². The van der Waals surface area contributed by atoms with Crippen LogP contribution in [0, 0.1) is 5.92 Å². The molecule has 0 amide bonds. The van der Waals surface area contributed by atoms with E-state index in [1.54, 1.807) is 0 Å². The summed E-state index contributed by atoms with van der Waals surface area (Å²) < 4.78 is 5.42. The summed E-state index contributed by atoms with van der Waals surface area (Å²) >= 11 is 3.80. The van der Waals surface area contributed by atoms with Crippen molar-refractivity contribution in [3.05, 3.63) is 35.4 Å². The highest BCUT2D eigenvalue weighted by Gasteiger charge is 2.29. The summed E-state index contributed by atoms with van der Waals surface area (Å²) in [6.07, 6.45) is 2.34. The summed E-state index contributed by atoms with van der Waals surface area (Å²) in [4.78, 5) is 0.522. The molecule has 0 saturated heterocycles. The van der Waals surface area contributed by atoms with E-state index >= 15 is 0 Å². The molecular weight excluding hydrogens is 252 g/mol. The minimum Gasteiger partial charge on any atom is -0.382 e. The maximum absolute atomic E-state index is 5.42. The molecule has 2 rings (SSSR count). The van der Waals surface area contributed by atoms with Gasteiger partial charge in [-0.25, -0.2) is 0 Å². The lowest BCUT2D eigenvalue weighted by atomic mass is 10.0. The topological polar surface area (TPSA) is 9.23 Å². The van der Waals surface area contributed by atoms with E-state index in [9.17, 15) is 0 Å². The quantitative estimate of drug-likeness (QED) is 0.598. The molecular formula is C13H17BrO. The van der Waals surface area contributed by atoms with E-state index in [0.29, 0.717) is 10.7 Å². The lowest BCUT2D eigenvalue weighted by Crippen LogP contribution is -2.07. The molecule has 1 aromatic rings. The van der Waals surface area contributed by atoms with Crippen molar-refractivity contribution in [2.75, 3.05) is 13.2 Å². The van der Waals surface area contributed by atoms with Crippen LogP contribution in [0.4, 0.5) is 0 Å². The predicted octanol–water partition coefficient (Wildman–Crippen LogP) is 3.72. The van der Waals surface area contributed by atoms with E-state index in [-0.39, 0.29) is 0 Å². The number of ether oxygens (including phenoxy) is 1. The van der Waals surface area contributed by atoms with E-state index in [1.807, 2.05) is 0 Å². The number of rotatable bonds is 4. The van der Waals surface area contributed by atoms with E-state index in [4.69, 9.17) is 4.74 Å². The summed E-state index contributed by atoms with van der Waals surface area (Å²) in [6, 6.07) is 8.72. The Kier molecular flexibility index (Phi) is 3.81. The standard InChI is InChI=1S/C13H17BrO/c1-2-15-8-7-11-9-10-5-3-4-6-12(10)13(11)14/h3-6,11,13H,2,7-9H2,1H3. The predicted molar refractivity (Wildman–Crippen MR) is 66.4 cm³/mol. The van der Waals surface area contributed by atoms with Crippen LogP contribution in [-0.2, 0) is 11.2 Å². The molecule has 0 radical (unpaired) electrons. The Bertz CT molecular complexity index is 324. The largest absolute Gasteiger partial charge is 0.382 e. The van der Waals surface area contributed by atoms with Gasteiger partial charge in [-0.2, -0.15) is 0 Å². The molecule has 0 spiro atoms. The monoisotopic (exact) mass is 268 g/mol. The van der Waals surface area contributed by atoms with Crippen LogP contribution in [0.2, 0.25) is 0 Å². The lowest BCUT2D eigenvalue weighted by Gasteiger charge is -2.13. The van der Waals surface area contributed by atoms with Gasteiger partial charge in [0.25, 0.3) is 0 Å². The zero-order chi connectivity index (χ0) is 10.7. The third-order valence-electron chi connectivity index (χ3n) is 3.09. The van der Waals surface area contributed by atoms with Gasteiger partial charge < -0.3 is 4.74 Å². The molecule has 0 N–H and O–H groups in total. The number of hydrogen-bond donors (Lipinski definition) is 0. The molecule has 1 nitrogen and oxygen atoms in total. The maximum Gasteiger partial charge on any atom is 0.0469 e. The molecule has 0 fully saturated rings. The first kappa shape index (κ1) is 11.2. The molecule has 0 aliphatic heterocycles. The van der Waals surface area contributed by atoms with Crippen LogP contribution in [0.1, 0.15) is 29.3 Å². The second-order valence-electron chi connectivity index (χ2n) is 4.05. The van der Waals surface area contributed by atoms with Crippen molar-refractivity contribution in [2.24, 2.45) is 5.92 Å². The summed E-state index contributed by atoms with van der Waals surface area (Å²) in [5.74, 6) is 0.703. The van der Waals surface area contributed by atoms with Crippen LogP contribution in [-0.4, -0.2) is 13.2 Å². The normalized spacial score (nSPS) is 24.1. The first-order valence-corrected chi connectivity index (χ1v) is 6.54. The SMILES string of the molecule is CCOCCC1Cc2ccccc2C1Br. The Labute approximate surface area is 100.0 Å². The van der Waals surface area contributed by atoms with Crippen LogP contribution in [0.25, 0.3) is 0 Å². The highest BCUT2D eigenvalue weighted by Crippen LogP contribution is 2.43. The summed E-state index contributed by atoms with van der Waals surface area (Å²) in [5, 5.41) is 0. The average molecular weight is 269 g/mol. The fourth-order valence-corrected chi connectivity index (χ4v) is 3.15. The van der Waals surface area contributed by atoms with Crippen molar-refractivity contribution in [1.82, 2.24) is 0 Å². The van der Waals surface area contributed by atoms with Crippen molar-refractivity contribution in [2.45, 2.75) is 24.6 Å². The molecule has 82 valence electrons. The minimum absolute atomic E-state index is 0.522.